The zero-order valence-electron chi connectivity index (χ0n) is 11.0. The molecule has 0 aliphatic rings. The van der Waals surface area contributed by atoms with Gasteiger partial charge in [-0.15, -0.1) is 0 Å². The topological polar surface area (TPSA) is 121 Å². The molecule has 7 nitrogen and oxygen atoms in total. The number of hydrogen-bond acceptors (Lipinski definition) is 4. The van der Waals surface area contributed by atoms with Crippen molar-refractivity contribution in [3.8, 4) is 0 Å². The van der Waals surface area contributed by atoms with Crippen molar-refractivity contribution >= 4 is 22.0 Å². The number of carbonyl (C=O) groups is 2. The molecule has 0 aromatic heterocycles. The maximum Gasteiger partial charge on any atom is 0.322 e. The Labute approximate surface area is 116 Å². The molecule has 8 heteroatoms. The molecule has 0 amide bonds. The van der Waals surface area contributed by atoms with Crippen molar-refractivity contribution in [2.24, 2.45) is 0 Å². The van der Waals surface area contributed by atoms with E-state index in [0.29, 0.717) is 11.1 Å². The van der Waals surface area contributed by atoms with Crippen molar-refractivity contribution in [1.82, 2.24) is 4.72 Å². The molecule has 0 heterocycles. The van der Waals surface area contributed by atoms with Crippen molar-refractivity contribution in [3.63, 3.8) is 0 Å². The first-order valence-corrected chi connectivity index (χ1v) is 7.15. The summed E-state index contributed by atoms with van der Waals surface area (Å²) in [5.74, 6) is -2.94. The third-order valence-electron chi connectivity index (χ3n) is 2.48. The van der Waals surface area contributed by atoms with E-state index in [1.165, 1.54) is 12.1 Å². The van der Waals surface area contributed by atoms with Gasteiger partial charge in [0.05, 0.1) is 11.3 Å². The van der Waals surface area contributed by atoms with Crippen LogP contribution in [0.3, 0.4) is 0 Å². The normalized spacial score (nSPS) is 12.9. The van der Waals surface area contributed by atoms with Crippen LogP contribution in [0.25, 0.3) is 0 Å². The number of carboxylic acids is 2. The van der Waals surface area contributed by atoms with E-state index in [2.05, 4.69) is 0 Å². The highest BCUT2D eigenvalue weighted by molar-refractivity contribution is 7.89. The maximum atomic E-state index is 12.1. The molecule has 0 fully saturated rings. The fraction of sp³-hybridized carbons (Fsp3) is 0.333. The molecule has 0 saturated carbocycles. The van der Waals surface area contributed by atoms with Gasteiger partial charge in [0.25, 0.3) is 0 Å². The summed E-state index contributed by atoms with van der Waals surface area (Å²) in [6.45, 7) is 3.41. The fourth-order valence-corrected chi connectivity index (χ4v) is 3.07. The van der Waals surface area contributed by atoms with Crippen LogP contribution in [0.15, 0.2) is 23.1 Å². The Morgan fingerprint density at radius 3 is 2.05 bits per heavy atom. The number of aryl methyl sites for hydroxylation is 2. The number of aliphatic carboxylic acids is 2. The number of carboxylic acid groups (broad SMARTS) is 2. The van der Waals surface area contributed by atoms with Gasteiger partial charge in [-0.1, -0.05) is 6.07 Å². The molecule has 0 spiro atoms. The van der Waals surface area contributed by atoms with Crippen LogP contribution in [0, 0.1) is 13.8 Å². The third-order valence-corrected chi connectivity index (χ3v) is 3.93. The summed E-state index contributed by atoms with van der Waals surface area (Å²) in [7, 11) is -4.09. The maximum absolute atomic E-state index is 12.1. The van der Waals surface area contributed by atoms with Crippen molar-refractivity contribution in [2.75, 3.05) is 0 Å². The summed E-state index contributed by atoms with van der Waals surface area (Å²) < 4.78 is 26.0. The first kappa shape index (κ1) is 16.1. The molecule has 110 valence electrons. The van der Waals surface area contributed by atoms with Gasteiger partial charge in [-0.05, 0) is 37.1 Å². The SMILES string of the molecule is Cc1cc(C)cc(S(=O)(=O)NC(CC(=O)O)C(=O)O)c1. The molecule has 0 aliphatic heterocycles. The van der Waals surface area contributed by atoms with Gasteiger partial charge in [-0.2, -0.15) is 4.72 Å². The van der Waals surface area contributed by atoms with Crippen LogP contribution in [-0.2, 0) is 19.6 Å². The molecule has 1 aromatic rings. The van der Waals surface area contributed by atoms with Crippen LogP contribution < -0.4 is 4.72 Å². The van der Waals surface area contributed by atoms with Gasteiger partial charge in [0, 0.05) is 0 Å². The highest BCUT2D eigenvalue weighted by atomic mass is 32.2. The first-order valence-electron chi connectivity index (χ1n) is 5.67. The molecule has 1 rings (SSSR count). The average Bonchev–Trinajstić information content (AvgIpc) is 2.25. The van der Waals surface area contributed by atoms with Gasteiger partial charge in [0.1, 0.15) is 6.04 Å². The number of sulfonamides is 1. The lowest BCUT2D eigenvalue weighted by molar-refractivity contribution is -0.145. The summed E-state index contributed by atoms with van der Waals surface area (Å²) in [5.41, 5.74) is 1.41. The smallest absolute Gasteiger partial charge is 0.322 e. The number of nitrogens with one attached hydrogen (secondary N) is 1. The van der Waals surface area contributed by atoms with E-state index in [1.54, 1.807) is 19.9 Å². The van der Waals surface area contributed by atoms with E-state index in [9.17, 15) is 18.0 Å². The minimum Gasteiger partial charge on any atom is -0.481 e. The summed E-state index contributed by atoms with van der Waals surface area (Å²) in [4.78, 5) is 21.3. The van der Waals surface area contributed by atoms with E-state index in [-0.39, 0.29) is 4.90 Å². The Morgan fingerprint density at radius 1 is 1.15 bits per heavy atom. The van der Waals surface area contributed by atoms with Gasteiger partial charge >= 0.3 is 11.9 Å². The van der Waals surface area contributed by atoms with Gasteiger partial charge in [-0.3, -0.25) is 9.59 Å². The second kappa shape index (κ2) is 6.02. The lowest BCUT2D eigenvalue weighted by atomic mass is 10.2. The molecule has 0 bridgehead atoms. The van der Waals surface area contributed by atoms with Crippen molar-refractivity contribution < 1.29 is 28.2 Å². The molecule has 0 saturated heterocycles. The van der Waals surface area contributed by atoms with Gasteiger partial charge < -0.3 is 10.2 Å². The molecule has 0 aliphatic carbocycles. The summed E-state index contributed by atoms with van der Waals surface area (Å²) in [5, 5.41) is 17.4. The fourth-order valence-electron chi connectivity index (χ4n) is 1.70. The van der Waals surface area contributed by atoms with E-state index < -0.39 is 34.4 Å². The third kappa shape index (κ3) is 4.32. The second-order valence-corrected chi connectivity index (χ2v) is 6.15. The first-order chi connectivity index (χ1) is 9.11. The van der Waals surface area contributed by atoms with E-state index in [4.69, 9.17) is 10.2 Å². The van der Waals surface area contributed by atoms with Crippen LogP contribution in [-0.4, -0.2) is 36.6 Å². The number of hydrogen-bond donors (Lipinski definition) is 3. The predicted octanol–water partition coefficient (Wildman–Crippen LogP) is 0.510. The molecule has 1 atom stereocenters. The lowest BCUT2D eigenvalue weighted by Gasteiger charge is -2.13. The monoisotopic (exact) mass is 301 g/mol. The minimum atomic E-state index is -4.09. The second-order valence-electron chi connectivity index (χ2n) is 4.43. The lowest BCUT2D eigenvalue weighted by Crippen LogP contribution is -2.42. The Bertz CT molecular complexity index is 617. The number of benzene rings is 1. The Morgan fingerprint density at radius 2 is 1.65 bits per heavy atom. The quantitative estimate of drug-likeness (QED) is 0.704. The Kier molecular flexibility index (Phi) is 4.85. The summed E-state index contributed by atoms with van der Waals surface area (Å²) >= 11 is 0. The van der Waals surface area contributed by atoms with Crippen LogP contribution in [0.2, 0.25) is 0 Å². The van der Waals surface area contributed by atoms with Crippen LogP contribution in [0.4, 0.5) is 0 Å². The molecule has 3 N–H and O–H groups in total. The van der Waals surface area contributed by atoms with Gasteiger partial charge in [0.2, 0.25) is 10.0 Å². The minimum absolute atomic E-state index is 0.0911. The molecular formula is C12H15NO6S. The summed E-state index contributed by atoms with van der Waals surface area (Å²) in [6.07, 6.45) is -0.834. The Hall–Kier alpha value is -1.93. The summed E-state index contributed by atoms with van der Waals surface area (Å²) in [6, 6.07) is 2.83. The van der Waals surface area contributed by atoms with Gasteiger partial charge in [-0.25, -0.2) is 8.42 Å². The molecule has 1 unspecified atom stereocenters. The van der Waals surface area contributed by atoms with E-state index >= 15 is 0 Å². The largest absolute Gasteiger partial charge is 0.481 e. The highest BCUT2D eigenvalue weighted by Crippen LogP contribution is 2.15. The van der Waals surface area contributed by atoms with Crippen molar-refractivity contribution in [1.29, 1.82) is 0 Å². The van der Waals surface area contributed by atoms with Crippen molar-refractivity contribution in [3.05, 3.63) is 29.3 Å². The van der Waals surface area contributed by atoms with Crippen LogP contribution in [0.1, 0.15) is 17.5 Å². The number of rotatable bonds is 6. The highest BCUT2D eigenvalue weighted by Gasteiger charge is 2.27. The van der Waals surface area contributed by atoms with Gasteiger partial charge in [0.15, 0.2) is 0 Å². The molecule has 0 radical (unpaired) electrons. The standard InChI is InChI=1S/C12H15NO6S/c1-7-3-8(2)5-9(4-7)20(18,19)13-10(12(16)17)6-11(14)15/h3-5,10,13H,6H2,1-2H3,(H,14,15)(H,16,17). The molecule has 1 aromatic carbocycles. The predicted molar refractivity (Wildman–Crippen MR) is 69.9 cm³/mol. The molecular weight excluding hydrogens is 286 g/mol. The van der Waals surface area contributed by atoms with E-state index in [1.807, 2.05) is 4.72 Å². The zero-order chi connectivity index (χ0) is 15.5. The van der Waals surface area contributed by atoms with Crippen LogP contribution >= 0.6 is 0 Å². The van der Waals surface area contributed by atoms with Crippen LogP contribution in [0.5, 0.6) is 0 Å². The zero-order valence-corrected chi connectivity index (χ0v) is 11.8. The average molecular weight is 301 g/mol. The molecule has 20 heavy (non-hydrogen) atoms. The Balaban J connectivity index is 3.09. The van der Waals surface area contributed by atoms with Crippen molar-refractivity contribution in [2.45, 2.75) is 31.2 Å². The van der Waals surface area contributed by atoms with E-state index in [0.717, 1.165) is 0 Å².